The number of aliphatic hydroxyl groups is 5. The largest absolute Gasteiger partial charge is 0.475 e. The summed E-state index contributed by atoms with van der Waals surface area (Å²) in [7, 11) is 0. The van der Waals surface area contributed by atoms with Crippen LogP contribution < -0.4 is 11.5 Å². The minimum atomic E-state index is -1.77. The molecule has 1 fully saturated rings. The number of aliphatic hydroxyl groups excluding tert-OH is 5. The average Bonchev–Trinajstić information content (AvgIpc) is 2.58. The number of aliphatic imine (C=N–C) groups is 1. The van der Waals surface area contributed by atoms with Gasteiger partial charge in [0.25, 0.3) is 0 Å². The number of hydrogen-bond donors (Lipinski definition) is 8. The number of amidine groups is 1. The zero-order valence-corrected chi connectivity index (χ0v) is 13.6. The highest BCUT2D eigenvalue weighted by Gasteiger charge is 2.50. The molecule has 0 radical (unpaired) electrons. The highest BCUT2D eigenvalue weighted by molar-refractivity contribution is 6.34. The van der Waals surface area contributed by atoms with E-state index in [0.29, 0.717) is 0 Å². The predicted octanol–water partition coefficient (Wildman–Crippen LogP) is -3.94. The van der Waals surface area contributed by atoms with E-state index in [4.69, 9.17) is 26.0 Å². The van der Waals surface area contributed by atoms with Gasteiger partial charge in [0.05, 0.1) is 5.70 Å². The van der Waals surface area contributed by atoms with Crippen LogP contribution in [-0.4, -0.2) is 85.2 Å². The third kappa shape index (κ3) is 3.73. The first-order chi connectivity index (χ1) is 12.0. The van der Waals surface area contributed by atoms with Crippen LogP contribution in [-0.2, 0) is 14.3 Å². The third-order valence-corrected chi connectivity index (χ3v) is 4.02. The lowest BCUT2D eigenvalue weighted by atomic mass is 9.85. The maximum atomic E-state index is 10.7. The number of nitrogens with zero attached hydrogens (tertiary/aromatic N) is 1. The van der Waals surface area contributed by atoms with Gasteiger partial charge >= 0.3 is 11.9 Å². The van der Waals surface area contributed by atoms with Gasteiger partial charge in [-0.1, -0.05) is 0 Å². The highest BCUT2D eigenvalue weighted by atomic mass is 16.7. The van der Waals surface area contributed by atoms with E-state index in [1.165, 1.54) is 13.0 Å². The van der Waals surface area contributed by atoms with E-state index in [1.807, 2.05) is 0 Å². The van der Waals surface area contributed by atoms with Crippen molar-refractivity contribution < 1.29 is 44.9 Å². The van der Waals surface area contributed by atoms with Crippen molar-refractivity contribution in [3.8, 4) is 0 Å². The van der Waals surface area contributed by atoms with E-state index >= 15 is 0 Å². The summed E-state index contributed by atoms with van der Waals surface area (Å²) in [5, 5.41) is 57.6. The summed E-state index contributed by atoms with van der Waals surface area (Å²) in [6.45, 7) is 1.49. The number of hydrogen-bond acceptors (Lipinski definition) is 10. The minimum absolute atomic E-state index is 0.0926. The Hall–Kier alpha value is -2.38. The van der Waals surface area contributed by atoms with Crippen molar-refractivity contribution in [1.82, 2.24) is 0 Å². The molecule has 10 N–H and O–H groups in total. The molecule has 2 aliphatic rings. The SMILES string of the molecule is C[C@H]1OC(OC2[C@@H](O)[C@@H](O)C(O)[C@H](O)[C@H]2O)=C(N)C=C1N=C(N)C(=O)O. The molecule has 12 heteroatoms. The molecule has 0 saturated heterocycles. The van der Waals surface area contributed by atoms with Gasteiger partial charge in [-0.3, -0.25) is 0 Å². The molecule has 2 unspecified atom stereocenters. The van der Waals surface area contributed by atoms with Crippen molar-refractivity contribution in [3.63, 3.8) is 0 Å². The van der Waals surface area contributed by atoms with Crippen LogP contribution in [0.2, 0.25) is 0 Å². The number of carbonyl (C=O) groups is 1. The lowest BCUT2D eigenvalue weighted by Crippen LogP contribution is -2.64. The fourth-order valence-electron chi connectivity index (χ4n) is 2.49. The van der Waals surface area contributed by atoms with Crippen LogP contribution in [0.3, 0.4) is 0 Å². The van der Waals surface area contributed by atoms with Crippen LogP contribution in [0.15, 0.2) is 28.4 Å². The van der Waals surface area contributed by atoms with Gasteiger partial charge in [0.15, 0.2) is 6.10 Å². The van der Waals surface area contributed by atoms with Crippen molar-refractivity contribution in [2.24, 2.45) is 16.5 Å². The molecule has 7 atom stereocenters. The quantitative estimate of drug-likeness (QED) is 0.176. The number of allylic oxidation sites excluding steroid dienone is 1. The minimum Gasteiger partial charge on any atom is -0.475 e. The first kappa shape index (κ1) is 19.9. The normalized spacial score (nSPS) is 38.5. The Kier molecular flexibility index (Phi) is 5.73. The average molecular weight is 375 g/mol. The lowest BCUT2D eigenvalue weighted by molar-refractivity contribution is -0.237. The van der Waals surface area contributed by atoms with Gasteiger partial charge in [-0.15, -0.1) is 0 Å². The van der Waals surface area contributed by atoms with Gasteiger partial charge in [-0.05, 0) is 13.0 Å². The first-order valence-electron chi connectivity index (χ1n) is 7.57. The topological polar surface area (TPSA) is 221 Å². The summed E-state index contributed by atoms with van der Waals surface area (Å²) in [5.41, 5.74) is 10.9. The van der Waals surface area contributed by atoms with E-state index < -0.39 is 54.5 Å². The molecule has 0 spiro atoms. The van der Waals surface area contributed by atoms with Crippen LogP contribution >= 0.6 is 0 Å². The monoisotopic (exact) mass is 375 g/mol. The summed E-state index contributed by atoms with van der Waals surface area (Å²) >= 11 is 0. The van der Waals surface area contributed by atoms with E-state index in [-0.39, 0.29) is 17.3 Å². The molecule has 146 valence electrons. The van der Waals surface area contributed by atoms with E-state index in [9.17, 15) is 30.3 Å². The second kappa shape index (κ2) is 7.47. The van der Waals surface area contributed by atoms with E-state index in [0.717, 1.165) is 0 Å². The Morgan fingerprint density at radius 2 is 1.62 bits per heavy atom. The first-order valence-corrected chi connectivity index (χ1v) is 7.57. The second-order valence-corrected chi connectivity index (χ2v) is 5.91. The molecular weight excluding hydrogens is 354 g/mol. The summed E-state index contributed by atoms with van der Waals surface area (Å²) in [4.78, 5) is 14.4. The van der Waals surface area contributed by atoms with Gasteiger partial charge in [-0.25, -0.2) is 9.79 Å². The Morgan fingerprint density at radius 1 is 1.12 bits per heavy atom. The molecule has 0 bridgehead atoms. The van der Waals surface area contributed by atoms with Gasteiger partial charge in [0, 0.05) is 0 Å². The molecule has 26 heavy (non-hydrogen) atoms. The Labute approximate surface area is 147 Å². The van der Waals surface area contributed by atoms with Crippen molar-refractivity contribution in [1.29, 1.82) is 0 Å². The maximum Gasteiger partial charge on any atom is 0.371 e. The molecule has 0 aromatic heterocycles. The standard InChI is InChI=1S/C14H21N3O9/c1-3-5(17-12(16)13(23)24)2-4(15)14(25-3)26-11-9(21)7(19)6(18)8(20)10(11)22/h2-3,6-11,18-22H,15H2,1H3,(H2,16,17)(H,23,24)/t3-,6?,7+,8+,9-,10+,11?/m1/s1. The maximum absolute atomic E-state index is 10.7. The fourth-order valence-corrected chi connectivity index (χ4v) is 2.49. The molecule has 1 aliphatic carbocycles. The van der Waals surface area contributed by atoms with Crippen LogP contribution in [0.4, 0.5) is 0 Å². The highest BCUT2D eigenvalue weighted by Crippen LogP contribution is 2.29. The van der Waals surface area contributed by atoms with Gasteiger partial charge in [-0.2, -0.15) is 0 Å². The van der Waals surface area contributed by atoms with Crippen LogP contribution in [0, 0.1) is 0 Å². The molecule has 0 aromatic carbocycles. The van der Waals surface area contributed by atoms with Crippen molar-refractivity contribution in [2.45, 2.75) is 49.7 Å². The molecule has 0 amide bonds. The van der Waals surface area contributed by atoms with Gasteiger partial charge in [0.1, 0.15) is 42.3 Å². The van der Waals surface area contributed by atoms with E-state index in [2.05, 4.69) is 4.99 Å². The van der Waals surface area contributed by atoms with Crippen molar-refractivity contribution >= 4 is 11.8 Å². The summed E-state index contributed by atoms with van der Waals surface area (Å²) in [6.07, 6.45) is -9.96. The van der Waals surface area contributed by atoms with Crippen LogP contribution in [0.25, 0.3) is 0 Å². The molecule has 2 rings (SSSR count). The molecule has 1 heterocycles. The molecule has 1 saturated carbocycles. The number of ether oxygens (including phenoxy) is 2. The fraction of sp³-hybridized carbons (Fsp3) is 0.571. The Balaban J connectivity index is 2.25. The zero-order valence-electron chi connectivity index (χ0n) is 13.6. The molecule has 0 aromatic rings. The van der Waals surface area contributed by atoms with Crippen LogP contribution in [0.5, 0.6) is 0 Å². The molecular formula is C14H21N3O9. The number of nitrogens with two attached hydrogens (primary N) is 2. The number of carboxylic acids is 1. The van der Waals surface area contributed by atoms with Gasteiger partial charge in [0.2, 0.25) is 5.84 Å². The number of aliphatic carboxylic acids is 1. The van der Waals surface area contributed by atoms with Crippen molar-refractivity contribution in [2.75, 3.05) is 0 Å². The van der Waals surface area contributed by atoms with Gasteiger partial charge < -0.3 is 51.6 Å². The van der Waals surface area contributed by atoms with Crippen molar-refractivity contribution in [3.05, 3.63) is 23.4 Å². The predicted molar refractivity (Wildman–Crippen MR) is 84.0 cm³/mol. The number of rotatable bonds is 3. The Bertz CT molecular complexity index is 646. The molecule has 1 aliphatic heterocycles. The number of carboxylic acid groups (broad SMARTS) is 1. The molecule has 12 nitrogen and oxygen atoms in total. The smallest absolute Gasteiger partial charge is 0.371 e. The third-order valence-electron chi connectivity index (χ3n) is 4.02. The second-order valence-electron chi connectivity index (χ2n) is 5.91. The summed E-state index contributed by atoms with van der Waals surface area (Å²) < 4.78 is 10.6. The Morgan fingerprint density at radius 3 is 2.12 bits per heavy atom. The lowest BCUT2D eigenvalue weighted by Gasteiger charge is -2.42. The summed E-state index contributed by atoms with van der Waals surface area (Å²) in [6, 6.07) is 0. The zero-order chi connectivity index (χ0) is 19.8. The van der Waals surface area contributed by atoms with Crippen LogP contribution in [0.1, 0.15) is 6.92 Å². The van der Waals surface area contributed by atoms with E-state index in [1.54, 1.807) is 0 Å². The summed E-state index contributed by atoms with van der Waals surface area (Å²) in [5.74, 6) is -2.45.